The van der Waals surface area contributed by atoms with E-state index in [1.807, 2.05) is 12.1 Å². The monoisotopic (exact) mass is 363 g/mol. The van der Waals surface area contributed by atoms with E-state index in [1.54, 1.807) is 16.2 Å². The molecule has 0 atom stereocenters. The molecule has 130 valence electrons. The number of esters is 1. The first-order chi connectivity index (χ1) is 12.6. The van der Waals surface area contributed by atoms with E-state index < -0.39 is 5.97 Å². The average Bonchev–Trinajstić information content (AvgIpc) is 3.30. The van der Waals surface area contributed by atoms with Gasteiger partial charge in [-0.25, -0.2) is 4.79 Å². The maximum atomic E-state index is 12.7. The lowest BCUT2D eigenvalue weighted by molar-refractivity contribution is -0.136. The average molecular weight is 363 g/mol. The van der Waals surface area contributed by atoms with E-state index in [2.05, 4.69) is 46.3 Å². The molecule has 0 unspecified atom stereocenters. The minimum absolute atomic E-state index is 0.0760. The summed E-state index contributed by atoms with van der Waals surface area (Å²) in [5, 5.41) is 6.34. The van der Waals surface area contributed by atoms with Gasteiger partial charge in [-0.15, -0.1) is 0 Å². The Kier molecular flexibility index (Phi) is 4.09. The predicted molar refractivity (Wildman–Crippen MR) is 103 cm³/mol. The molecule has 0 bridgehead atoms. The SMILES string of the molecule is C=C(CN1Cc2c(ccc3ccc(-c4ccsc4)cc23)C1=O)C(=O)OC. The van der Waals surface area contributed by atoms with Gasteiger partial charge in [0.05, 0.1) is 13.7 Å². The van der Waals surface area contributed by atoms with Crippen molar-refractivity contribution in [3.8, 4) is 11.1 Å². The van der Waals surface area contributed by atoms with E-state index in [4.69, 9.17) is 0 Å². The number of amides is 1. The van der Waals surface area contributed by atoms with Crippen molar-refractivity contribution >= 4 is 34.0 Å². The number of nitrogens with zero attached hydrogens (tertiary/aromatic N) is 1. The lowest BCUT2D eigenvalue weighted by Crippen LogP contribution is -2.28. The van der Waals surface area contributed by atoms with Crippen LogP contribution < -0.4 is 0 Å². The molecule has 4 nitrogen and oxygen atoms in total. The topological polar surface area (TPSA) is 46.6 Å². The Labute approximate surface area is 155 Å². The number of carbonyl (C=O) groups is 2. The molecule has 0 fully saturated rings. The van der Waals surface area contributed by atoms with Crippen molar-refractivity contribution in [1.82, 2.24) is 4.90 Å². The zero-order valence-electron chi connectivity index (χ0n) is 14.3. The van der Waals surface area contributed by atoms with Crippen LogP contribution in [0.25, 0.3) is 21.9 Å². The third-order valence-corrected chi connectivity index (χ3v) is 5.39. The Balaban J connectivity index is 1.73. The Morgan fingerprint density at radius 1 is 1.23 bits per heavy atom. The predicted octanol–water partition coefficient (Wildman–Crippen LogP) is 4.25. The van der Waals surface area contributed by atoms with E-state index in [1.165, 1.54) is 12.7 Å². The molecule has 0 N–H and O–H groups in total. The van der Waals surface area contributed by atoms with Crippen molar-refractivity contribution in [2.24, 2.45) is 0 Å². The third kappa shape index (κ3) is 2.70. The van der Waals surface area contributed by atoms with E-state index in [0.29, 0.717) is 12.1 Å². The van der Waals surface area contributed by atoms with Crippen molar-refractivity contribution in [2.45, 2.75) is 6.54 Å². The molecular weight excluding hydrogens is 346 g/mol. The second-order valence-corrected chi connectivity index (χ2v) is 7.08. The van der Waals surface area contributed by atoms with Gasteiger partial charge in [-0.3, -0.25) is 4.79 Å². The van der Waals surface area contributed by atoms with E-state index in [9.17, 15) is 9.59 Å². The van der Waals surface area contributed by atoms with Crippen molar-refractivity contribution in [3.63, 3.8) is 0 Å². The summed E-state index contributed by atoms with van der Waals surface area (Å²) >= 11 is 1.66. The van der Waals surface area contributed by atoms with Crippen LogP contribution in [-0.4, -0.2) is 30.4 Å². The smallest absolute Gasteiger partial charge is 0.334 e. The second kappa shape index (κ2) is 6.42. The molecule has 5 heteroatoms. The number of hydrogen-bond donors (Lipinski definition) is 0. The van der Waals surface area contributed by atoms with Crippen LogP contribution in [0.1, 0.15) is 15.9 Å². The Morgan fingerprint density at radius 2 is 2.04 bits per heavy atom. The van der Waals surface area contributed by atoms with Crippen LogP contribution in [0, 0.1) is 0 Å². The Morgan fingerprint density at radius 3 is 2.77 bits per heavy atom. The van der Waals surface area contributed by atoms with Crippen molar-refractivity contribution in [2.75, 3.05) is 13.7 Å². The molecule has 2 aromatic carbocycles. The van der Waals surface area contributed by atoms with Gasteiger partial charge in [-0.2, -0.15) is 11.3 Å². The summed E-state index contributed by atoms with van der Waals surface area (Å²) in [6.45, 7) is 4.37. The highest BCUT2D eigenvalue weighted by atomic mass is 32.1. The van der Waals surface area contributed by atoms with E-state index >= 15 is 0 Å². The summed E-state index contributed by atoms with van der Waals surface area (Å²) in [5.74, 6) is -0.564. The third-order valence-electron chi connectivity index (χ3n) is 4.71. The maximum Gasteiger partial charge on any atom is 0.334 e. The first kappa shape index (κ1) is 16.5. The summed E-state index contributed by atoms with van der Waals surface area (Å²) in [6, 6.07) is 12.3. The molecule has 2 heterocycles. The van der Waals surface area contributed by atoms with Crippen LogP contribution in [0.4, 0.5) is 0 Å². The number of carbonyl (C=O) groups excluding carboxylic acids is 2. The highest BCUT2D eigenvalue weighted by Gasteiger charge is 2.30. The molecule has 0 radical (unpaired) electrons. The number of methoxy groups -OCH3 is 1. The van der Waals surface area contributed by atoms with Crippen LogP contribution in [0.15, 0.2) is 59.3 Å². The molecule has 3 aromatic rings. The summed E-state index contributed by atoms with van der Waals surface area (Å²) in [5.41, 5.74) is 4.28. The molecule has 0 aliphatic carbocycles. The van der Waals surface area contributed by atoms with Gasteiger partial charge in [0.25, 0.3) is 5.91 Å². The van der Waals surface area contributed by atoms with Gasteiger partial charge in [0.15, 0.2) is 0 Å². The number of ether oxygens (including phenoxy) is 1. The van der Waals surface area contributed by atoms with E-state index in [0.717, 1.165) is 21.9 Å². The lowest BCUT2D eigenvalue weighted by atomic mass is 9.97. The molecule has 0 spiro atoms. The van der Waals surface area contributed by atoms with Crippen LogP contribution in [0.2, 0.25) is 0 Å². The quantitative estimate of drug-likeness (QED) is 0.514. The normalized spacial score (nSPS) is 13.1. The fourth-order valence-electron chi connectivity index (χ4n) is 3.36. The van der Waals surface area contributed by atoms with Crippen LogP contribution >= 0.6 is 11.3 Å². The molecule has 1 aliphatic heterocycles. The van der Waals surface area contributed by atoms with E-state index in [-0.39, 0.29) is 18.0 Å². The van der Waals surface area contributed by atoms with Crippen LogP contribution in [0.3, 0.4) is 0 Å². The van der Waals surface area contributed by atoms with Crippen molar-refractivity contribution in [3.05, 3.63) is 70.4 Å². The Bertz CT molecular complexity index is 1040. The number of hydrogen-bond acceptors (Lipinski definition) is 4. The minimum atomic E-state index is -0.488. The number of rotatable bonds is 4. The number of thiophene rings is 1. The van der Waals surface area contributed by atoms with Gasteiger partial charge >= 0.3 is 5.97 Å². The first-order valence-electron chi connectivity index (χ1n) is 8.22. The summed E-state index contributed by atoms with van der Waals surface area (Å²) in [4.78, 5) is 26.0. The van der Waals surface area contributed by atoms with Gasteiger partial charge in [0.2, 0.25) is 0 Å². The van der Waals surface area contributed by atoms with Crippen LogP contribution in [-0.2, 0) is 16.1 Å². The molecule has 26 heavy (non-hydrogen) atoms. The van der Waals surface area contributed by atoms with Gasteiger partial charge in [0.1, 0.15) is 0 Å². The number of benzene rings is 2. The number of fused-ring (bicyclic) bond motifs is 3. The fraction of sp³-hybridized carbons (Fsp3) is 0.143. The second-order valence-electron chi connectivity index (χ2n) is 6.30. The molecule has 1 aromatic heterocycles. The van der Waals surface area contributed by atoms with Crippen molar-refractivity contribution in [1.29, 1.82) is 0 Å². The first-order valence-corrected chi connectivity index (χ1v) is 9.16. The summed E-state index contributed by atoms with van der Waals surface area (Å²) < 4.78 is 4.69. The molecular formula is C21H17NO3S. The largest absolute Gasteiger partial charge is 0.466 e. The maximum absolute atomic E-state index is 12.7. The molecule has 0 saturated heterocycles. The van der Waals surface area contributed by atoms with Crippen LogP contribution in [0.5, 0.6) is 0 Å². The molecule has 4 rings (SSSR count). The highest BCUT2D eigenvalue weighted by Crippen LogP contribution is 2.33. The van der Waals surface area contributed by atoms with Crippen molar-refractivity contribution < 1.29 is 14.3 Å². The molecule has 1 amide bonds. The van der Waals surface area contributed by atoms with Gasteiger partial charge in [0, 0.05) is 17.7 Å². The standard InChI is InChI=1S/C21H17NO3S/c1-13(21(24)25-2)10-22-11-19-17(20(22)23)6-5-14-3-4-15(9-18(14)19)16-7-8-26-12-16/h3-9,12H,1,10-11H2,2H3. The zero-order chi connectivity index (χ0) is 18.3. The van der Waals surface area contributed by atoms with Gasteiger partial charge in [-0.05, 0) is 56.4 Å². The summed E-state index contributed by atoms with van der Waals surface area (Å²) in [6.07, 6.45) is 0. The molecule has 0 saturated carbocycles. The lowest BCUT2D eigenvalue weighted by Gasteiger charge is -2.16. The zero-order valence-corrected chi connectivity index (χ0v) is 15.1. The Hall–Kier alpha value is -2.92. The van der Waals surface area contributed by atoms with Gasteiger partial charge in [-0.1, -0.05) is 24.8 Å². The van der Waals surface area contributed by atoms with Gasteiger partial charge < -0.3 is 9.64 Å². The minimum Gasteiger partial charge on any atom is -0.466 e. The summed E-state index contributed by atoms with van der Waals surface area (Å²) in [7, 11) is 1.31. The highest BCUT2D eigenvalue weighted by molar-refractivity contribution is 7.08. The fourth-order valence-corrected chi connectivity index (χ4v) is 4.03. The molecule has 1 aliphatic rings.